The summed E-state index contributed by atoms with van der Waals surface area (Å²) in [6.07, 6.45) is 4.87. The second kappa shape index (κ2) is 8.69. The van der Waals surface area contributed by atoms with E-state index in [2.05, 4.69) is 22.5 Å². The number of carbonyl (C=O) groups excluding carboxylic acids is 3. The van der Waals surface area contributed by atoms with Crippen molar-refractivity contribution in [2.75, 3.05) is 50.5 Å². The summed E-state index contributed by atoms with van der Waals surface area (Å²) >= 11 is 0. The predicted octanol–water partition coefficient (Wildman–Crippen LogP) is 1.61. The zero-order valence-corrected chi connectivity index (χ0v) is 19.9. The molecule has 2 atom stereocenters. The van der Waals surface area contributed by atoms with E-state index >= 15 is 0 Å². The lowest BCUT2D eigenvalue weighted by molar-refractivity contribution is -0.137. The molecule has 2 fully saturated rings. The summed E-state index contributed by atoms with van der Waals surface area (Å²) in [6.45, 7) is 5.60. The van der Waals surface area contributed by atoms with Crippen LogP contribution in [0.25, 0.3) is 11.3 Å². The zero-order chi connectivity index (χ0) is 24.0. The van der Waals surface area contributed by atoms with Gasteiger partial charge in [-0.15, -0.1) is 0 Å². The molecule has 3 aliphatic rings. The van der Waals surface area contributed by atoms with Crippen molar-refractivity contribution in [1.29, 1.82) is 0 Å². The summed E-state index contributed by atoms with van der Waals surface area (Å²) in [6, 6.07) is 2.04. The fourth-order valence-corrected chi connectivity index (χ4v) is 5.31. The number of anilines is 2. The monoisotopic (exact) mass is 468 g/mol. The highest BCUT2D eigenvalue weighted by atomic mass is 16.2. The van der Waals surface area contributed by atoms with Crippen molar-refractivity contribution in [3.63, 3.8) is 0 Å². The third-order valence-corrected chi connectivity index (χ3v) is 7.35. The molecule has 0 bridgehead atoms. The van der Waals surface area contributed by atoms with Crippen LogP contribution in [0.2, 0.25) is 0 Å². The highest BCUT2D eigenvalue weighted by molar-refractivity contribution is 6.40. The van der Waals surface area contributed by atoms with Crippen LogP contribution in [0.1, 0.15) is 37.8 Å². The van der Waals surface area contributed by atoms with Crippen LogP contribution >= 0.6 is 0 Å². The molecule has 0 aliphatic carbocycles. The maximum Gasteiger partial charge on any atom is 0.320 e. The fourth-order valence-electron chi connectivity index (χ4n) is 5.31. The van der Waals surface area contributed by atoms with Gasteiger partial charge in [0.2, 0.25) is 0 Å². The zero-order valence-electron chi connectivity index (χ0n) is 19.9. The van der Waals surface area contributed by atoms with E-state index in [1.807, 2.05) is 26.7 Å². The number of likely N-dealkylation sites (N-methyl/N-ethyl adjacent to an activating group) is 2. The fraction of sp³-hybridized carbons (Fsp3) is 0.565. The van der Waals surface area contributed by atoms with Gasteiger partial charge in [0.15, 0.2) is 5.82 Å². The second-order valence-electron chi connectivity index (χ2n) is 9.41. The summed E-state index contributed by atoms with van der Waals surface area (Å²) < 4.78 is 1.99. The van der Waals surface area contributed by atoms with Crippen molar-refractivity contribution in [1.82, 2.24) is 29.9 Å². The van der Waals surface area contributed by atoms with Gasteiger partial charge in [0.05, 0.1) is 11.7 Å². The maximum absolute atomic E-state index is 13.2. The van der Waals surface area contributed by atoms with E-state index in [1.165, 1.54) is 11.9 Å². The molecule has 5 rings (SSSR count). The van der Waals surface area contributed by atoms with Gasteiger partial charge in [0.1, 0.15) is 5.82 Å². The van der Waals surface area contributed by atoms with E-state index in [9.17, 15) is 14.4 Å². The van der Waals surface area contributed by atoms with Gasteiger partial charge in [0.25, 0.3) is 0 Å². The minimum Gasteiger partial charge on any atom is -0.367 e. The Bertz CT molecular complexity index is 1120. The number of amides is 4. The summed E-state index contributed by atoms with van der Waals surface area (Å²) in [5.74, 6) is 0.284. The Kier molecular flexibility index (Phi) is 5.70. The lowest BCUT2D eigenvalue weighted by atomic mass is 9.92. The molecule has 0 radical (unpaired) electrons. The molecule has 0 unspecified atom stereocenters. The van der Waals surface area contributed by atoms with Crippen molar-refractivity contribution in [3.8, 4) is 11.3 Å². The molecule has 4 amide bonds. The first-order valence-corrected chi connectivity index (χ1v) is 12.0. The number of piperidine rings is 1. The average molecular weight is 469 g/mol. The molecule has 5 heterocycles. The van der Waals surface area contributed by atoms with Crippen LogP contribution in [0.3, 0.4) is 0 Å². The first-order valence-electron chi connectivity index (χ1n) is 12.0. The first-order chi connectivity index (χ1) is 16.4. The van der Waals surface area contributed by atoms with Crippen molar-refractivity contribution < 1.29 is 14.4 Å². The van der Waals surface area contributed by atoms with Gasteiger partial charge in [-0.1, -0.05) is 6.92 Å². The first kappa shape index (κ1) is 22.3. The summed E-state index contributed by atoms with van der Waals surface area (Å²) in [7, 11) is 3.01. The van der Waals surface area contributed by atoms with Gasteiger partial charge in [-0.2, -0.15) is 5.10 Å². The number of rotatable bonds is 2. The van der Waals surface area contributed by atoms with Gasteiger partial charge in [-0.3, -0.25) is 19.2 Å². The van der Waals surface area contributed by atoms with Crippen LogP contribution in [0.5, 0.6) is 0 Å². The molecule has 3 aliphatic heterocycles. The number of aromatic amines is 1. The SMILES string of the molecule is CNC(=O)C(=O)N(C)c1nn([C@H]2CN(C(=O)N3CCCC3)CC[C@H]2C)c2c1CNc1[nH]ccc1-2. The molecule has 0 spiro atoms. The number of urea groups is 1. The molecule has 2 saturated heterocycles. The smallest absolute Gasteiger partial charge is 0.320 e. The van der Waals surface area contributed by atoms with E-state index in [0.717, 1.165) is 61.5 Å². The lowest BCUT2D eigenvalue weighted by Gasteiger charge is -2.39. The number of nitrogens with one attached hydrogen (secondary N) is 3. The highest BCUT2D eigenvalue weighted by Gasteiger charge is 2.38. The number of aromatic nitrogens is 3. The Hall–Kier alpha value is -3.50. The van der Waals surface area contributed by atoms with Crippen molar-refractivity contribution in [2.45, 2.75) is 38.8 Å². The number of fused-ring (bicyclic) bond motifs is 3. The molecule has 3 N–H and O–H groups in total. The molecule has 2 aromatic heterocycles. The van der Waals surface area contributed by atoms with Crippen molar-refractivity contribution in [2.24, 2.45) is 5.92 Å². The van der Waals surface area contributed by atoms with Gasteiger partial charge < -0.3 is 25.4 Å². The minimum absolute atomic E-state index is 0.0489. The summed E-state index contributed by atoms with van der Waals surface area (Å²) in [5, 5.41) is 10.7. The van der Waals surface area contributed by atoms with E-state index in [-0.39, 0.29) is 18.0 Å². The third-order valence-electron chi connectivity index (χ3n) is 7.35. The Morgan fingerprint density at radius 2 is 1.94 bits per heavy atom. The van der Waals surface area contributed by atoms with E-state index in [4.69, 9.17) is 5.10 Å². The van der Waals surface area contributed by atoms with Gasteiger partial charge >= 0.3 is 17.8 Å². The number of likely N-dealkylation sites (tertiary alicyclic amines) is 2. The molecular formula is C23H32N8O3. The van der Waals surface area contributed by atoms with Crippen LogP contribution < -0.4 is 15.5 Å². The van der Waals surface area contributed by atoms with E-state index < -0.39 is 11.8 Å². The van der Waals surface area contributed by atoms with E-state index in [1.54, 1.807) is 7.05 Å². The maximum atomic E-state index is 13.2. The minimum atomic E-state index is -0.690. The quantitative estimate of drug-likeness (QED) is 0.579. The Morgan fingerprint density at radius 1 is 1.18 bits per heavy atom. The van der Waals surface area contributed by atoms with Crippen LogP contribution in [0.4, 0.5) is 16.4 Å². The third kappa shape index (κ3) is 3.59. The van der Waals surface area contributed by atoms with E-state index in [0.29, 0.717) is 18.9 Å². The average Bonchev–Trinajstić information content (AvgIpc) is 3.61. The lowest BCUT2D eigenvalue weighted by Crippen LogP contribution is -2.49. The molecule has 11 heteroatoms. The number of nitrogens with zero attached hydrogens (tertiary/aromatic N) is 5. The molecule has 182 valence electrons. The van der Waals surface area contributed by atoms with Gasteiger partial charge in [0, 0.05) is 64.1 Å². The Morgan fingerprint density at radius 3 is 2.68 bits per heavy atom. The topological polar surface area (TPSA) is 119 Å². The number of hydrogen-bond donors (Lipinski definition) is 3. The molecule has 34 heavy (non-hydrogen) atoms. The van der Waals surface area contributed by atoms with Crippen molar-refractivity contribution >= 4 is 29.5 Å². The van der Waals surface area contributed by atoms with Crippen LogP contribution in [-0.2, 0) is 16.1 Å². The number of H-pyrrole nitrogens is 1. The number of carbonyl (C=O) groups is 3. The Labute approximate surface area is 198 Å². The molecule has 0 aromatic carbocycles. The van der Waals surface area contributed by atoms with Crippen LogP contribution in [0, 0.1) is 5.92 Å². The molecule has 0 saturated carbocycles. The Balaban J connectivity index is 1.54. The van der Waals surface area contributed by atoms with Crippen LogP contribution in [-0.4, -0.2) is 82.7 Å². The van der Waals surface area contributed by atoms with Crippen LogP contribution in [0.15, 0.2) is 12.3 Å². The van der Waals surface area contributed by atoms with Gasteiger partial charge in [-0.25, -0.2) is 4.79 Å². The predicted molar refractivity (Wildman–Crippen MR) is 127 cm³/mol. The molecule has 2 aromatic rings. The standard InChI is InChI=1S/C23H32N8O3/c1-14-7-11-30(23(34)29-9-4-5-10-29)13-17(14)31-18-15-6-8-25-19(15)26-12-16(18)20(27-31)28(3)22(33)21(32)24-2/h6,8,14,17,25-26H,4-5,7,9-13H2,1-3H3,(H,24,32)/t14-,17+/m1/s1. The second-order valence-corrected chi connectivity index (χ2v) is 9.41. The van der Waals surface area contributed by atoms with Crippen molar-refractivity contribution in [3.05, 3.63) is 17.8 Å². The number of hydrogen-bond acceptors (Lipinski definition) is 5. The highest BCUT2D eigenvalue weighted by Crippen LogP contribution is 2.42. The molecule has 11 nitrogen and oxygen atoms in total. The normalized spacial score (nSPS) is 21.5. The van der Waals surface area contributed by atoms with Gasteiger partial charge in [-0.05, 0) is 31.2 Å². The summed E-state index contributed by atoms with van der Waals surface area (Å²) in [5.41, 5.74) is 2.76. The summed E-state index contributed by atoms with van der Waals surface area (Å²) in [4.78, 5) is 46.3. The molecular weight excluding hydrogens is 436 g/mol. The largest absolute Gasteiger partial charge is 0.367 e.